The zero-order valence-corrected chi connectivity index (χ0v) is 12.3. The molecule has 0 amide bonds. The van der Waals surface area contributed by atoms with Crippen molar-refractivity contribution in [1.82, 2.24) is 4.90 Å². The molecule has 2 N–H and O–H groups in total. The first-order valence-corrected chi connectivity index (χ1v) is 6.40. The van der Waals surface area contributed by atoms with E-state index in [1.165, 1.54) is 5.56 Å². The summed E-state index contributed by atoms with van der Waals surface area (Å²) in [6.07, 6.45) is 0. The van der Waals surface area contributed by atoms with Crippen molar-refractivity contribution in [2.75, 3.05) is 20.7 Å². The van der Waals surface area contributed by atoms with Crippen LogP contribution < -0.4 is 10.5 Å². The summed E-state index contributed by atoms with van der Waals surface area (Å²) in [5, 5.41) is 0. The molecule has 0 bridgehead atoms. The lowest BCUT2D eigenvalue weighted by molar-refractivity contribution is 0.220. The number of hydrogen-bond acceptors (Lipinski definition) is 3. The van der Waals surface area contributed by atoms with Crippen molar-refractivity contribution in [2.45, 2.75) is 33.9 Å². The highest BCUT2D eigenvalue weighted by Crippen LogP contribution is 2.21. The van der Waals surface area contributed by atoms with Gasteiger partial charge in [0, 0.05) is 25.2 Å². The molecule has 1 rings (SSSR count). The standard InChI is InChI=1S/C15H26N2O/c1-15(2,3)11-17(4)10-12-6-7-13(9-16)14(8-12)18-5/h6-8H,9-11,16H2,1-5H3. The Morgan fingerprint density at radius 1 is 1.28 bits per heavy atom. The van der Waals surface area contributed by atoms with Crippen molar-refractivity contribution in [2.24, 2.45) is 11.1 Å². The van der Waals surface area contributed by atoms with Crippen molar-refractivity contribution in [1.29, 1.82) is 0 Å². The van der Waals surface area contributed by atoms with Crippen LogP contribution in [-0.4, -0.2) is 25.6 Å². The summed E-state index contributed by atoms with van der Waals surface area (Å²) in [7, 11) is 3.84. The van der Waals surface area contributed by atoms with E-state index in [4.69, 9.17) is 10.5 Å². The van der Waals surface area contributed by atoms with E-state index in [-0.39, 0.29) is 0 Å². The molecule has 0 aliphatic heterocycles. The first-order valence-electron chi connectivity index (χ1n) is 6.40. The van der Waals surface area contributed by atoms with Gasteiger partial charge >= 0.3 is 0 Å². The van der Waals surface area contributed by atoms with Crippen molar-refractivity contribution >= 4 is 0 Å². The van der Waals surface area contributed by atoms with E-state index in [0.717, 1.165) is 24.4 Å². The van der Waals surface area contributed by atoms with Gasteiger partial charge in [0.25, 0.3) is 0 Å². The molecule has 1 aromatic carbocycles. The van der Waals surface area contributed by atoms with Crippen LogP contribution in [0.15, 0.2) is 18.2 Å². The number of benzene rings is 1. The molecule has 0 heterocycles. The first kappa shape index (κ1) is 15.0. The van der Waals surface area contributed by atoms with E-state index in [2.05, 4.69) is 50.9 Å². The van der Waals surface area contributed by atoms with Crippen LogP contribution >= 0.6 is 0 Å². The fourth-order valence-corrected chi connectivity index (χ4v) is 2.23. The topological polar surface area (TPSA) is 38.5 Å². The zero-order chi connectivity index (χ0) is 13.8. The van der Waals surface area contributed by atoms with E-state index in [9.17, 15) is 0 Å². The van der Waals surface area contributed by atoms with E-state index >= 15 is 0 Å². The summed E-state index contributed by atoms with van der Waals surface area (Å²) >= 11 is 0. The van der Waals surface area contributed by atoms with E-state index in [1.54, 1.807) is 7.11 Å². The number of ether oxygens (including phenoxy) is 1. The predicted octanol–water partition coefficient (Wildman–Crippen LogP) is 2.63. The average molecular weight is 250 g/mol. The fourth-order valence-electron chi connectivity index (χ4n) is 2.23. The second-order valence-corrected chi connectivity index (χ2v) is 6.08. The Hall–Kier alpha value is -1.06. The van der Waals surface area contributed by atoms with Gasteiger partial charge in [-0.3, -0.25) is 0 Å². The number of hydrogen-bond donors (Lipinski definition) is 1. The lowest BCUT2D eigenvalue weighted by atomic mass is 9.96. The Kier molecular flexibility index (Phi) is 5.17. The molecule has 0 fully saturated rings. The van der Waals surface area contributed by atoms with Crippen LogP contribution in [0.3, 0.4) is 0 Å². The normalized spacial score (nSPS) is 11.9. The largest absolute Gasteiger partial charge is 0.496 e. The molecule has 18 heavy (non-hydrogen) atoms. The van der Waals surface area contributed by atoms with Crippen LogP contribution in [0, 0.1) is 5.41 Å². The van der Waals surface area contributed by atoms with Gasteiger partial charge in [0.05, 0.1) is 7.11 Å². The molecule has 0 spiro atoms. The Labute approximate surface area is 111 Å². The number of nitrogens with two attached hydrogens (primary N) is 1. The van der Waals surface area contributed by atoms with Gasteiger partial charge in [-0.25, -0.2) is 0 Å². The molecular weight excluding hydrogens is 224 g/mol. The van der Waals surface area contributed by atoms with Crippen LogP contribution in [0.4, 0.5) is 0 Å². The Balaban J connectivity index is 2.73. The highest BCUT2D eigenvalue weighted by Gasteiger charge is 2.14. The number of rotatable bonds is 5. The SMILES string of the molecule is COc1cc(CN(C)CC(C)(C)C)ccc1CN. The molecule has 0 atom stereocenters. The van der Waals surface area contributed by atoms with Crippen LogP contribution in [-0.2, 0) is 13.1 Å². The third kappa shape index (κ3) is 4.67. The summed E-state index contributed by atoms with van der Waals surface area (Å²) in [5.41, 5.74) is 8.30. The molecule has 1 aromatic rings. The molecule has 0 aliphatic carbocycles. The number of methoxy groups -OCH3 is 1. The van der Waals surface area contributed by atoms with Gasteiger partial charge in [-0.05, 0) is 24.1 Å². The van der Waals surface area contributed by atoms with Gasteiger partial charge in [0.15, 0.2) is 0 Å². The van der Waals surface area contributed by atoms with Crippen molar-refractivity contribution < 1.29 is 4.74 Å². The van der Waals surface area contributed by atoms with Crippen LogP contribution in [0.5, 0.6) is 5.75 Å². The highest BCUT2D eigenvalue weighted by molar-refractivity contribution is 5.37. The van der Waals surface area contributed by atoms with E-state index in [0.29, 0.717) is 12.0 Å². The zero-order valence-electron chi connectivity index (χ0n) is 12.3. The summed E-state index contributed by atoms with van der Waals surface area (Å²) in [6.45, 7) is 9.26. The smallest absolute Gasteiger partial charge is 0.123 e. The predicted molar refractivity (Wildman–Crippen MR) is 76.7 cm³/mol. The molecule has 0 saturated carbocycles. The molecule has 0 aliphatic rings. The minimum absolute atomic E-state index is 0.316. The van der Waals surface area contributed by atoms with Crippen molar-refractivity contribution in [3.05, 3.63) is 29.3 Å². The van der Waals surface area contributed by atoms with Crippen LogP contribution in [0.1, 0.15) is 31.9 Å². The molecule has 0 saturated heterocycles. The quantitative estimate of drug-likeness (QED) is 0.873. The molecular formula is C15H26N2O. The van der Waals surface area contributed by atoms with Crippen LogP contribution in [0.25, 0.3) is 0 Å². The summed E-state index contributed by atoms with van der Waals surface area (Å²) < 4.78 is 5.36. The maximum absolute atomic E-state index is 5.67. The highest BCUT2D eigenvalue weighted by atomic mass is 16.5. The Morgan fingerprint density at radius 2 is 1.94 bits per heavy atom. The second-order valence-electron chi connectivity index (χ2n) is 6.08. The Morgan fingerprint density at radius 3 is 2.44 bits per heavy atom. The minimum atomic E-state index is 0.316. The van der Waals surface area contributed by atoms with Crippen LogP contribution in [0.2, 0.25) is 0 Å². The molecule has 3 heteroatoms. The maximum atomic E-state index is 5.67. The molecule has 0 radical (unpaired) electrons. The average Bonchev–Trinajstić information content (AvgIpc) is 2.26. The summed E-state index contributed by atoms with van der Waals surface area (Å²) in [6, 6.07) is 6.27. The first-order chi connectivity index (χ1) is 8.35. The van der Waals surface area contributed by atoms with Gasteiger partial charge in [0.2, 0.25) is 0 Å². The van der Waals surface area contributed by atoms with E-state index < -0.39 is 0 Å². The van der Waals surface area contributed by atoms with E-state index in [1.807, 2.05) is 0 Å². The summed E-state index contributed by atoms with van der Waals surface area (Å²) in [4.78, 5) is 2.33. The van der Waals surface area contributed by atoms with Gasteiger partial charge in [0.1, 0.15) is 5.75 Å². The fraction of sp³-hybridized carbons (Fsp3) is 0.600. The van der Waals surface area contributed by atoms with Gasteiger partial charge in [-0.15, -0.1) is 0 Å². The lowest BCUT2D eigenvalue weighted by Gasteiger charge is -2.26. The van der Waals surface area contributed by atoms with Gasteiger partial charge in [-0.2, -0.15) is 0 Å². The van der Waals surface area contributed by atoms with Crippen molar-refractivity contribution in [3.63, 3.8) is 0 Å². The minimum Gasteiger partial charge on any atom is -0.496 e. The molecule has 0 unspecified atom stereocenters. The number of nitrogens with zero attached hydrogens (tertiary/aromatic N) is 1. The monoisotopic (exact) mass is 250 g/mol. The molecule has 0 aromatic heterocycles. The Bertz CT molecular complexity index is 383. The van der Waals surface area contributed by atoms with Gasteiger partial charge in [-0.1, -0.05) is 32.9 Å². The molecule has 102 valence electrons. The second kappa shape index (κ2) is 6.21. The third-order valence-electron chi connectivity index (χ3n) is 2.77. The lowest BCUT2D eigenvalue weighted by Crippen LogP contribution is -2.28. The third-order valence-corrected chi connectivity index (χ3v) is 2.77. The maximum Gasteiger partial charge on any atom is 0.123 e. The summed E-state index contributed by atoms with van der Waals surface area (Å²) in [5.74, 6) is 0.888. The van der Waals surface area contributed by atoms with Crippen molar-refractivity contribution in [3.8, 4) is 5.75 Å². The van der Waals surface area contributed by atoms with Gasteiger partial charge < -0.3 is 15.4 Å². The molecule has 3 nitrogen and oxygen atoms in total.